The van der Waals surface area contributed by atoms with Gasteiger partial charge in [0, 0.05) is 0 Å². The van der Waals surface area contributed by atoms with Crippen LogP contribution in [0, 0.1) is 0 Å². The van der Waals surface area contributed by atoms with Crippen LogP contribution >= 0.6 is 0 Å². The van der Waals surface area contributed by atoms with Crippen LogP contribution in [0.3, 0.4) is 0 Å². The van der Waals surface area contributed by atoms with Crippen molar-refractivity contribution in [1.82, 2.24) is 0 Å². The van der Waals surface area contributed by atoms with Gasteiger partial charge >= 0.3 is 0 Å². The molecular formula is C23H28O5. The minimum atomic E-state index is -0.711. The van der Waals surface area contributed by atoms with E-state index in [0.717, 1.165) is 11.1 Å². The molecule has 150 valence electrons. The lowest BCUT2D eigenvalue weighted by molar-refractivity contribution is -0.266. The standard InChI is InChI=1S/C23H28O5/c1-16-19(24-14-17-10-6-4-7-11-17)20(25-15-18-12-8-5-9-13-18)21-22(26-16)28-23(2,3)27-21/h4-13,16,19-22H,14-15H2,1-3H3/t16?,19-,20?,21-,22-/m0/s1. The van der Waals surface area contributed by atoms with E-state index in [1.807, 2.05) is 57.2 Å². The molecule has 5 nitrogen and oxygen atoms in total. The lowest BCUT2D eigenvalue weighted by Gasteiger charge is -2.41. The molecule has 2 aromatic carbocycles. The molecular weight excluding hydrogens is 356 g/mol. The van der Waals surface area contributed by atoms with Gasteiger partial charge in [-0.1, -0.05) is 60.7 Å². The third-order valence-electron chi connectivity index (χ3n) is 5.12. The first-order valence-corrected chi connectivity index (χ1v) is 9.84. The highest BCUT2D eigenvalue weighted by Gasteiger charge is 2.54. The van der Waals surface area contributed by atoms with E-state index in [1.54, 1.807) is 0 Å². The highest BCUT2D eigenvalue weighted by molar-refractivity contribution is 5.14. The Bertz CT molecular complexity index is 748. The fraction of sp³-hybridized carbons (Fsp3) is 0.478. The zero-order valence-electron chi connectivity index (χ0n) is 16.6. The van der Waals surface area contributed by atoms with Gasteiger partial charge in [-0.25, -0.2) is 0 Å². The van der Waals surface area contributed by atoms with Crippen molar-refractivity contribution in [2.24, 2.45) is 0 Å². The second kappa shape index (κ2) is 8.31. The van der Waals surface area contributed by atoms with Gasteiger partial charge in [0.2, 0.25) is 0 Å². The molecule has 2 fully saturated rings. The van der Waals surface area contributed by atoms with E-state index in [0.29, 0.717) is 13.2 Å². The van der Waals surface area contributed by atoms with E-state index in [9.17, 15) is 0 Å². The summed E-state index contributed by atoms with van der Waals surface area (Å²) in [6, 6.07) is 20.2. The van der Waals surface area contributed by atoms with Gasteiger partial charge in [0.05, 0.1) is 19.3 Å². The average Bonchev–Trinajstić information content (AvgIpc) is 3.00. The van der Waals surface area contributed by atoms with Gasteiger partial charge in [-0.2, -0.15) is 0 Å². The summed E-state index contributed by atoms with van der Waals surface area (Å²) in [5.74, 6) is -0.711. The summed E-state index contributed by atoms with van der Waals surface area (Å²) < 4.78 is 30.8. The van der Waals surface area contributed by atoms with Crippen molar-refractivity contribution in [2.75, 3.05) is 0 Å². The van der Waals surface area contributed by atoms with Crippen LogP contribution in [0.4, 0.5) is 0 Å². The van der Waals surface area contributed by atoms with Gasteiger partial charge in [0.25, 0.3) is 0 Å². The van der Waals surface area contributed by atoms with E-state index in [4.69, 9.17) is 23.7 Å². The highest BCUT2D eigenvalue weighted by Crippen LogP contribution is 2.38. The largest absolute Gasteiger partial charge is 0.368 e. The van der Waals surface area contributed by atoms with Crippen molar-refractivity contribution in [1.29, 1.82) is 0 Å². The second-order valence-electron chi connectivity index (χ2n) is 7.83. The maximum absolute atomic E-state index is 6.34. The molecule has 2 saturated heterocycles. The second-order valence-corrected chi connectivity index (χ2v) is 7.83. The minimum Gasteiger partial charge on any atom is -0.368 e. The van der Waals surface area contributed by atoms with Crippen LogP contribution in [0.15, 0.2) is 60.7 Å². The molecule has 0 N–H and O–H groups in total. The molecule has 0 bridgehead atoms. The number of rotatable bonds is 6. The SMILES string of the molecule is CC1O[C@H]2OC(C)(C)O[C@H]2C(OCc2ccccc2)[C@H]1OCc1ccccc1. The van der Waals surface area contributed by atoms with E-state index >= 15 is 0 Å². The monoisotopic (exact) mass is 384 g/mol. The van der Waals surface area contributed by atoms with Crippen molar-refractivity contribution in [3.05, 3.63) is 71.8 Å². The summed E-state index contributed by atoms with van der Waals surface area (Å²) in [4.78, 5) is 0. The van der Waals surface area contributed by atoms with Crippen LogP contribution in [0.2, 0.25) is 0 Å². The Kier molecular flexibility index (Phi) is 5.80. The lowest BCUT2D eigenvalue weighted by Crippen LogP contribution is -2.57. The van der Waals surface area contributed by atoms with Crippen LogP contribution in [-0.4, -0.2) is 36.5 Å². The maximum Gasteiger partial charge on any atom is 0.190 e. The summed E-state index contributed by atoms with van der Waals surface area (Å²) in [5, 5.41) is 0. The van der Waals surface area contributed by atoms with Crippen molar-refractivity contribution in [2.45, 2.75) is 70.5 Å². The molecule has 0 aromatic heterocycles. The number of ether oxygens (including phenoxy) is 5. The molecule has 0 amide bonds. The van der Waals surface area contributed by atoms with Crippen molar-refractivity contribution < 1.29 is 23.7 Å². The Morgan fingerprint density at radius 1 is 0.786 bits per heavy atom. The van der Waals surface area contributed by atoms with E-state index in [2.05, 4.69) is 24.3 Å². The van der Waals surface area contributed by atoms with Crippen LogP contribution in [0.25, 0.3) is 0 Å². The van der Waals surface area contributed by atoms with Crippen molar-refractivity contribution in [3.8, 4) is 0 Å². The molecule has 2 aliphatic heterocycles. The summed E-state index contributed by atoms with van der Waals surface area (Å²) >= 11 is 0. The summed E-state index contributed by atoms with van der Waals surface area (Å²) in [6.45, 7) is 6.77. The van der Waals surface area contributed by atoms with Gasteiger partial charge in [0.1, 0.15) is 18.3 Å². The smallest absolute Gasteiger partial charge is 0.190 e. The summed E-state index contributed by atoms with van der Waals surface area (Å²) in [5.41, 5.74) is 2.22. The third kappa shape index (κ3) is 4.45. The Labute approximate surface area is 166 Å². The van der Waals surface area contributed by atoms with Crippen molar-refractivity contribution in [3.63, 3.8) is 0 Å². The van der Waals surface area contributed by atoms with E-state index < -0.39 is 12.1 Å². The molecule has 5 atom stereocenters. The van der Waals surface area contributed by atoms with Crippen LogP contribution in [-0.2, 0) is 36.9 Å². The normalized spacial score (nSPS) is 31.5. The summed E-state index contributed by atoms with van der Waals surface area (Å²) in [7, 11) is 0. The van der Waals surface area contributed by atoms with Crippen LogP contribution in [0.1, 0.15) is 31.9 Å². The van der Waals surface area contributed by atoms with Crippen molar-refractivity contribution >= 4 is 0 Å². The average molecular weight is 384 g/mol. The van der Waals surface area contributed by atoms with Crippen LogP contribution in [0.5, 0.6) is 0 Å². The molecule has 5 heteroatoms. The molecule has 4 rings (SSSR count). The first-order valence-electron chi connectivity index (χ1n) is 9.84. The zero-order chi connectivity index (χ0) is 19.6. The number of hydrogen-bond acceptors (Lipinski definition) is 5. The minimum absolute atomic E-state index is 0.178. The zero-order valence-corrected chi connectivity index (χ0v) is 16.6. The molecule has 2 unspecified atom stereocenters. The molecule has 2 aromatic rings. The Morgan fingerprint density at radius 2 is 1.32 bits per heavy atom. The molecule has 2 heterocycles. The fourth-order valence-corrected chi connectivity index (χ4v) is 3.78. The molecule has 2 aliphatic rings. The number of hydrogen-bond donors (Lipinski definition) is 0. The highest BCUT2D eigenvalue weighted by atomic mass is 16.8. The molecule has 0 aliphatic carbocycles. The van der Waals surface area contributed by atoms with Gasteiger partial charge < -0.3 is 23.7 Å². The molecule has 0 saturated carbocycles. The first kappa shape index (κ1) is 19.6. The van der Waals surface area contributed by atoms with Gasteiger partial charge in [0.15, 0.2) is 12.1 Å². The fourth-order valence-electron chi connectivity index (χ4n) is 3.78. The molecule has 0 radical (unpaired) electrons. The molecule has 28 heavy (non-hydrogen) atoms. The van der Waals surface area contributed by atoms with Gasteiger partial charge in [-0.15, -0.1) is 0 Å². The topological polar surface area (TPSA) is 46.2 Å². The summed E-state index contributed by atoms with van der Waals surface area (Å²) in [6.07, 6.45) is -1.52. The quantitative estimate of drug-likeness (QED) is 0.752. The Balaban J connectivity index is 1.51. The predicted molar refractivity (Wildman–Crippen MR) is 104 cm³/mol. The predicted octanol–water partition coefficient (Wildman–Crippen LogP) is 4.05. The first-order chi connectivity index (χ1) is 13.5. The number of fused-ring (bicyclic) bond motifs is 1. The van der Waals surface area contributed by atoms with Gasteiger partial charge in [-0.3, -0.25) is 0 Å². The maximum atomic E-state index is 6.34. The third-order valence-corrected chi connectivity index (χ3v) is 5.12. The Hall–Kier alpha value is -1.76. The van der Waals surface area contributed by atoms with Crippen LogP contribution < -0.4 is 0 Å². The molecule has 0 spiro atoms. The van der Waals surface area contributed by atoms with E-state index in [-0.39, 0.29) is 24.4 Å². The Morgan fingerprint density at radius 3 is 1.89 bits per heavy atom. The van der Waals surface area contributed by atoms with Gasteiger partial charge in [-0.05, 0) is 31.9 Å². The van der Waals surface area contributed by atoms with E-state index in [1.165, 1.54) is 0 Å². The lowest BCUT2D eigenvalue weighted by atomic mass is 9.99. The number of benzene rings is 2.